The third kappa shape index (κ3) is 9.51. The van der Waals surface area contributed by atoms with Crippen LogP contribution in [-0.2, 0) is 38.0 Å². The van der Waals surface area contributed by atoms with Crippen molar-refractivity contribution in [2.24, 2.45) is 23.7 Å². The van der Waals surface area contributed by atoms with Gasteiger partial charge < -0.3 is 58.9 Å². The number of carbonyl (C=O) groups excluding carboxylic acids is 2. The Labute approximate surface area is 304 Å². The molecule has 5 N–H and O–H groups in total. The predicted molar refractivity (Wildman–Crippen MR) is 186 cm³/mol. The van der Waals surface area contributed by atoms with E-state index in [4.69, 9.17) is 28.4 Å². The Hall–Kier alpha value is -1.30. The van der Waals surface area contributed by atoms with Crippen LogP contribution in [0, 0.1) is 23.7 Å². The van der Waals surface area contributed by atoms with Crippen LogP contribution in [0.5, 0.6) is 0 Å². The van der Waals surface area contributed by atoms with E-state index in [1.54, 1.807) is 41.5 Å². The molecule has 0 saturated carbocycles. The van der Waals surface area contributed by atoms with E-state index in [0.717, 1.165) is 0 Å². The fourth-order valence-electron chi connectivity index (χ4n) is 8.41. The lowest BCUT2D eigenvalue weighted by Gasteiger charge is -2.49. The summed E-state index contributed by atoms with van der Waals surface area (Å²) in [6, 6.07) is -0.324. The van der Waals surface area contributed by atoms with Gasteiger partial charge in [0.1, 0.15) is 29.7 Å². The average molecular weight is 736 g/mol. The highest BCUT2D eigenvalue weighted by atomic mass is 16.7. The first kappa shape index (κ1) is 44.1. The van der Waals surface area contributed by atoms with Crippen LogP contribution < -0.4 is 0 Å². The lowest BCUT2D eigenvalue weighted by Crippen LogP contribution is -2.61. The summed E-state index contributed by atoms with van der Waals surface area (Å²) < 4.78 is 37.1. The van der Waals surface area contributed by atoms with E-state index < -0.39 is 108 Å². The first-order valence-electron chi connectivity index (χ1n) is 18.5. The lowest BCUT2D eigenvalue weighted by molar-refractivity contribution is -0.318. The number of methoxy groups -OCH3 is 1. The van der Waals surface area contributed by atoms with Crippen molar-refractivity contribution in [3.05, 3.63) is 0 Å². The second kappa shape index (κ2) is 17.0. The van der Waals surface area contributed by atoms with Gasteiger partial charge in [-0.3, -0.25) is 9.59 Å². The fraction of sp³-hybridized carbons (Fsp3) is 0.946. The molecule has 3 fully saturated rings. The quantitative estimate of drug-likeness (QED) is 0.238. The molecule has 3 aliphatic heterocycles. The molecule has 14 heteroatoms. The Bertz CT molecular complexity index is 1170. The summed E-state index contributed by atoms with van der Waals surface area (Å²) in [6.07, 6.45) is -9.71. The molecule has 3 saturated heterocycles. The number of ketones is 1. The van der Waals surface area contributed by atoms with E-state index in [1.807, 2.05) is 25.9 Å². The molecule has 0 aromatic rings. The van der Waals surface area contributed by atoms with E-state index >= 15 is 0 Å². The van der Waals surface area contributed by atoms with Gasteiger partial charge >= 0.3 is 5.97 Å². The Balaban J connectivity index is 2.18. The maximum absolute atomic E-state index is 14.1. The zero-order chi connectivity index (χ0) is 39.0. The minimum Gasteiger partial charge on any atom is -0.459 e. The van der Waals surface area contributed by atoms with Crippen molar-refractivity contribution < 1.29 is 63.5 Å². The summed E-state index contributed by atoms with van der Waals surface area (Å²) in [4.78, 5) is 29.8. The van der Waals surface area contributed by atoms with Gasteiger partial charge in [0, 0.05) is 37.3 Å². The van der Waals surface area contributed by atoms with Crippen LogP contribution >= 0.6 is 0 Å². The normalized spacial score (nSPS) is 49.7. The van der Waals surface area contributed by atoms with Gasteiger partial charge in [-0.2, -0.15) is 0 Å². The molecule has 18 atom stereocenters. The molecule has 14 nitrogen and oxygen atoms in total. The highest BCUT2D eigenvalue weighted by Crippen LogP contribution is 2.40. The van der Waals surface area contributed by atoms with Crippen LogP contribution in [0.25, 0.3) is 0 Å². The molecule has 0 bridgehead atoms. The number of ether oxygens (including phenoxy) is 6. The van der Waals surface area contributed by atoms with Gasteiger partial charge in [-0.25, -0.2) is 0 Å². The number of rotatable bonds is 7. The second-order valence-electron chi connectivity index (χ2n) is 16.5. The molecule has 3 heterocycles. The van der Waals surface area contributed by atoms with Crippen LogP contribution in [0.2, 0.25) is 0 Å². The number of esters is 1. The highest BCUT2D eigenvalue weighted by Gasteiger charge is 2.53. The summed E-state index contributed by atoms with van der Waals surface area (Å²) in [5.41, 5.74) is -4.84. The molecule has 0 aromatic carbocycles. The third-order valence-electron chi connectivity index (χ3n) is 11.8. The number of aliphatic hydroxyl groups excluding tert-OH is 3. The fourth-order valence-corrected chi connectivity index (χ4v) is 8.41. The Morgan fingerprint density at radius 2 is 1.53 bits per heavy atom. The average Bonchev–Trinajstić information content (AvgIpc) is 3.05. The molecule has 0 aliphatic carbocycles. The number of cyclic esters (lactones) is 1. The van der Waals surface area contributed by atoms with Crippen molar-refractivity contribution in [2.45, 2.75) is 179 Å². The highest BCUT2D eigenvalue weighted by molar-refractivity contribution is 5.83. The molecule has 2 unspecified atom stereocenters. The SMILES string of the molecule is CCC1OC(=O)[C@H](C)C(O[C@H]2C[C@@](C)(OC)[C@@H](O)[C@H](C)O2)[C@H](C)[C@@H](O[C@@H]2O[C@H](C)C[C@H](N(C)[14CH3])[C@H]2O)[C@](C)(O)C[C@@H](C)C(=O)[C@H](C)[C@@H](O)[C@]1(C)O. The van der Waals surface area contributed by atoms with Gasteiger partial charge in [0.25, 0.3) is 0 Å². The lowest BCUT2D eigenvalue weighted by atomic mass is 9.74. The standard InChI is InChI=1S/C37H67NO13/c1-14-25-37(10,45)30(41)20(4)27(39)18(2)16-35(8,44)32(51-34-28(40)24(38(11)12)15-19(3)47-34)21(5)29(22(6)33(43)49-25)50-26-17-36(9,46-13)31(42)23(7)48-26/h18-26,28-32,34,40-42,44-45H,14-17H2,1-13H3/t18-,19-,20+,21+,22-,23+,24+,25?,26+,28-,29?,30-,31+,32-,34+,35-,36-,37-/m1/s1/i11+2. The maximum Gasteiger partial charge on any atom is 0.311 e. The maximum atomic E-state index is 14.1. The van der Waals surface area contributed by atoms with E-state index in [1.165, 1.54) is 27.9 Å². The summed E-state index contributed by atoms with van der Waals surface area (Å²) in [7, 11) is 5.18. The van der Waals surface area contributed by atoms with Gasteiger partial charge in [-0.15, -0.1) is 0 Å². The first-order chi connectivity index (χ1) is 23.4. The molecule has 51 heavy (non-hydrogen) atoms. The molecule has 0 spiro atoms. The molecular weight excluding hydrogens is 668 g/mol. The largest absolute Gasteiger partial charge is 0.459 e. The van der Waals surface area contributed by atoms with E-state index in [-0.39, 0.29) is 31.4 Å². The monoisotopic (exact) mass is 735 g/mol. The molecule has 0 radical (unpaired) electrons. The molecule has 0 aromatic heterocycles. The van der Waals surface area contributed by atoms with Crippen molar-refractivity contribution in [2.75, 3.05) is 21.2 Å². The number of hydrogen-bond donors (Lipinski definition) is 5. The topological polar surface area (TPSA) is 194 Å². The molecule has 0 amide bonds. The molecular formula is C37H67NO13. The number of aliphatic hydroxyl groups is 5. The van der Waals surface area contributed by atoms with Crippen molar-refractivity contribution in [3.8, 4) is 0 Å². The third-order valence-corrected chi connectivity index (χ3v) is 11.8. The zero-order valence-corrected chi connectivity index (χ0v) is 32.9. The van der Waals surface area contributed by atoms with Crippen LogP contribution in [0.1, 0.15) is 94.9 Å². The number of hydrogen-bond acceptors (Lipinski definition) is 14. The van der Waals surface area contributed by atoms with Gasteiger partial charge in [0.05, 0.1) is 47.6 Å². The van der Waals surface area contributed by atoms with Crippen LogP contribution in [-0.4, -0.2) is 148 Å². The van der Waals surface area contributed by atoms with Crippen LogP contribution in [0.3, 0.4) is 0 Å². The minimum absolute atomic E-state index is 0.0936. The van der Waals surface area contributed by atoms with Crippen molar-refractivity contribution >= 4 is 11.8 Å². The minimum atomic E-state index is -1.99. The predicted octanol–water partition coefficient (Wildman–Crippen LogP) is 1.79. The van der Waals surface area contributed by atoms with Gasteiger partial charge in [0.2, 0.25) is 0 Å². The smallest absolute Gasteiger partial charge is 0.311 e. The molecule has 3 aliphatic rings. The Morgan fingerprint density at radius 3 is 2.08 bits per heavy atom. The number of likely N-dealkylation sites (N-methyl/N-ethyl adjacent to an activating group) is 1. The van der Waals surface area contributed by atoms with E-state index in [0.29, 0.717) is 6.42 Å². The van der Waals surface area contributed by atoms with Gasteiger partial charge in [-0.1, -0.05) is 27.7 Å². The Kier molecular flexibility index (Phi) is 14.7. The van der Waals surface area contributed by atoms with E-state index in [9.17, 15) is 35.1 Å². The van der Waals surface area contributed by atoms with Crippen LogP contribution in [0.15, 0.2) is 0 Å². The number of carbonyl (C=O) groups is 2. The summed E-state index contributed by atoms with van der Waals surface area (Å²) in [5.74, 6) is -4.98. The summed E-state index contributed by atoms with van der Waals surface area (Å²) in [5, 5.41) is 57.6. The van der Waals surface area contributed by atoms with Crippen molar-refractivity contribution in [1.29, 1.82) is 0 Å². The zero-order valence-electron chi connectivity index (χ0n) is 32.9. The van der Waals surface area contributed by atoms with Crippen molar-refractivity contribution in [1.82, 2.24) is 4.90 Å². The number of Topliss-reactive ketones (excluding diaryl/α,β-unsaturated/α-hetero) is 1. The van der Waals surface area contributed by atoms with Crippen LogP contribution in [0.4, 0.5) is 0 Å². The molecule has 3 rings (SSSR count). The molecule has 298 valence electrons. The Morgan fingerprint density at radius 1 is 0.922 bits per heavy atom. The van der Waals surface area contributed by atoms with Gasteiger partial charge in [0.15, 0.2) is 12.6 Å². The summed E-state index contributed by atoms with van der Waals surface area (Å²) in [6.45, 7) is 16.3. The number of nitrogens with zero attached hydrogens (tertiary/aromatic N) is 1. The van der Waals surface area contributed by atoms with Crippen molar-refractivity contribution in [3.63, 3.8) is 0 Å². The van der Waals surface area contributed by atoms with E-state index in [2.05, 4.69) is 0 Å². The first-order valence-corrected chi connectivity index (χ1v) is 18.5. The van der Waals surface area contributed by atoms with Gasteiger partial charge in [-0.05, 0) is 74.9 Å². The summed E-state index contributed by atoms with van der Waals surface area (Å²) >= 11 is 0. The second-order valence-corrected chi connectivity index (χ2v) is 16.5.